The minimum atomic E-state index is 1.03. The van der Waals surface area contributed by atoms with Gasteiger partial charge >= 0.3 is 0 Å². The molecule has 1 aliphatic rings. The molecule has 0 aliphatic heterocycles. The first-order valence-corrected chi connectivity index (χ1v) is 7.46. The number of hydrogen-bond donors (Lipinski definition) is 0. The molecule has 2 aromatic carbocycles. The van der Waals surface area contributed by atoms with Crippen molar-refractivity contribution in [3.05, 3.63) is 78.4 Å². The first kappa shape index (κ1) is 13.7. The van der Waals surface area contributed by atoms with Gasteiger partial charge < -0.3 is 4.90 Å². The lowest BCUT2D eigenvalue weighted by molar-refractivity contribution is 0.823. The Balaban J connectivity index is 1.90. The predicted molar refractivity (Wildman–Crippen MR) is 92.3 cm³/mol. The molecule has 0 spiro atoms. The van der Waals surface area contributed by atoms with E-state index in [-0.39, 0.29) is 0 Å². The van der Waals surface area contributed by atoms with E-state index < -0.39 is 0 Å². The summed E-state index contributed by atoms with van der Waals surface area (Å²) >= 11 is 0. The molecule has 2 aromatic rings. The zero-order chi connectivity index (χ0) is 14.8. The summed E-state index contributed by atoms with van der Waals surface area (Å²) in [4.78, 5) is 2.14. The fraction of sp³-hybridized carbons (Fsp3) is 0.200. The van der Waals surface area contributed by atoms with E-state index in [1.165, 1.54) is 28.7 Å². The Morgan fingerprint density at radius 2 is 1.81 bits per heavy atom. The van der Waals surface area contributed by atoms with Crippen LogP contribution in [0.4, 0.5) is 5.69 Å². The lowest BCUT2D eigenvalue weighted by Crippen LogP contribution is -2.15. The molecule has 0 saturated heterocycles. The van der Waals surface area contributed by atoms with Crippen molar-refractivity contribution >= 4 is 17.0 Å². The molecule has 0 unspecified atom stereocenters. The van der Waals surface area contributed by atoms with E-state index >= 15 is 0 Å². The third-order valence-electron chi connectivity index (χ3n) is 4.29. The Bertz CT molecular complexity index is 682. The third-order valence-corrected chi connectivity index (χ3v) is 4.29. The van der Waals surface area contributed by atoms with Gasteiger partial charge in [0.2, 0.25) is 0 Å². The number of anilines is 1. The van der Waals surface area contributed by atoms with Gasteiger partial charge in [-0.25, -0.2) is 0 Å². The van der Waals surface area contributed by atoms with Gasteiger partial charge in [0, 0.05) is 18.4 Å². The zero-order valence-electron chi connectivity index (χ0n) is 12.6. The number of aryl methyl sites for hydroxylation is 1. The maximum atomic E-state index is 4.27. The molecule has 3 rings (SSSR count). The highest BCUT2D eigenvalue weighted by Crippen LogP contribution is 2.32. The molecule has 0 amide bonds. The van der Waals surface area contributed by atoms with Crippen molar-refractivity contribution in [2.75, 3.05) is 11.9 Å². The Labute approximate surface area is 127 Å². The Hall–Kier alpha value is -2.28. The van der Waals surface area contributed by atoms with E-state index in [4.69, 9.17) is 0 Å². The maximum absolute atomic E-state index is 4.27. The fourth-order valence-corrected chi connectivity index (χ4v) is 2.95. The molecule has 0 radical (unpaired) electrons. The highest BCUT2D eigenvalue weighted by molar-refractivity contribution is 5.79. The van der Waals surface area contributed by atoms with Gasteiger partial charge in [0.1, 0.15) is 0 Å². The lowest BCUT2D eigenvalue weighted by Gasteiger charge is -2.24. The Morgan fingerprint density at radius 1 is 1.05 bits per heavy atom. The molecular weight excluding hydrogens is 254 g/mol. The van der Waals surface area contributed by atoms with Crippen molar-refractivity contribution in [1.82, 2.24) is 0 Å². The molecule has 1 aliphatic carbocycles. The van der Waals surface area contributed by atoms with Gasteiger partial charge in [-0.15, -0.1) is 0 Å². The van der Waals surface area contributed by atoms with E-state index in [0.717, 1.165) is 24.2 Å². The summed E-state index contributed by atoms with van der Waals surface area (Å²) < 4.78 is 0. The molecular formula is C20H21N. The summed E-state index contributed by atoms with van der Waals surface area (Å²) in [7, 11) is 2.07. The van der Waals surface area contributed by atoms with Crippen LogP contribution in [0.2, 0.25) is 0 Å². The molecule has 0 bridgehead atoms. The second-order valence-corrected chi connectivity index (χ2v) is 5.67. The number of rotatable bonds is 3. The van der Waals surface area contributed by atoms with E-state index in [1.54, 1.807) is 0 Å². The van der Waals surface area contributed by atoms with Crippen LogP contribution in [0.15, 0.2) is 61.7 Å². The van der Waals surface area contributed by atoms with Crippen molar-refractivity contribution in [2.45, 2.75) is 19.3 Å². The van der Waals surface area contributed by atoms with Gasteiger partial charge in [0.25, 0.3) is 0 Å². The highest BCUT2D eigenvalue weighted by Gasteiger charge is 2.15. The predicted octanol–water partition coefficient (Wildman–Crippen LogP) is 5.14. The van der Waals surface area contributed by atoms with Gasteiger partial charge in [-0.05, 0) is 59.7 Å². The van der Waals surface area contributed by atoms with E-state index in [2.05, 4.69) is 67.6 Å². The number of fused-ring (bicyclic) bond motifs is 1. The number of benzene rings is 2. The molecule has 1 nitrogen and oxygen atoms in total. The standard InChI is InChI=1S/C20H21N/c1-15-8-7-9-18-14-17(12-13-20(15)18)16(2)21(3)19-10-5-4-6-11-19/h4-6,10-14H,1-2,7-9H2,3H3. The summed E-state index contributed by atoms with van der Waals surface area (Å²) in [5.41, 5.74) is 7.39. The van der Waals surface area contributed by atoms with Crippen molar-refractivity contribution in [3.63, 3.8) is 0 Å². The van der Waals surface area contributed by atoms with Crippen molar-refractivity contribution in [1.29, 1.82) is 0 Å². The average Bonchev–Trinajstić information content (AvgIpc) is 2.54. The Morgan fingerprint density at radius 3 is 2.57 bits per heavy atom. The largest absolute Gasteiger partial charge is 0.345 e. The SMILES string of the molecule is C=C1CCCc2cc(C(=C)N(C)c3ccccc3)ccc21. The molecule has 0 atom stereocenters. The average molecular weight is 275 g/mol. The second kappa shape index (κ2) is 5.61. The van der Waals surface area contributed by atoms with Gasteiger partial charge in [0.15, 0.2) is 0 Å². The van der Waals surface area contributed by atoms with Crippen LogP contribution in [0.1, 0.15) is 29.5 Å². The van der Waals surface area contributed by atoms with Crippen LogP contribution < -0.4 is 4.90 Å². The van der Waals surface area contributed by atoms with Crippen molar-refractivity contribution in [2.24, 2.45) is 0 Å². The molecule has 0 N–H and O–H groups in total. The third kappa shape index (κ3) is 2.64. The van der Waals surface area contributed by atoms with Crippen LogP contribution >= 0.6 is 0 Å². The van der Waals surface area contributed by atoms with Gasteiger partial charge in [-0.2, -0.15) is 0 Å². The first-order chi connectivity index (χ1) is 10.2. The van der Waals surface area contributed by atoms with Crippen LogP contribution in [0.3, 0.4) is 0 Å². The van der Waals surface area contributed by atoms with Gasteiger partial charge in [0.05, 0.1) is 0 Å². The van der Waals surface area contributed by atoms with E-state index in [1.807, 2.05) is 6.07 Å². The zero-order valence-corrected chi connectivity index (χ0v) is 12.6. The fourth-order valence-electron chi connectivity index (χ4n) is 2.95. The molecule has 0 aromatic heterocycles. The van der Waals surface area contributed by atoms with E-state index in [9.17, 15) is 0 Å². The number of para-hydroxylation sites is 1. The summed E-state index contributed by atoms with van der Waals surface area (Å²) in [5.74, 6) is 0. The lowest BCUT2D eigenvalue weighted by atomic mass is 9.87. The van der Waals surface area contributed by atoms with Gasteiger partial charge in [-0.3, -0.25) is 0 Å². The van der Waals surface area contributed by atoms with Gasteiger partial charge in [-0.1, -0.05) is 43.5 Å². The molecule has 106 valence electrons. The molecule has 0 saturated carbocycles. The topological polar surface area (TPSA) is 3.24 Å². The summed E-state index contributed by atoms with van der Waals surface area (Å²) in [5, 5.41) is 0. The molecule has 0 fully saturated rings. The van der Waals surface area contributed by atoms with Crippen molar-refractivity contribution < 1.29 is 0 Å². The summed E-state index contributed by atoms with van der Waals surface area (Å²) in [6.45, 7) is 8.45. The van der Waals surface area contributed by atoms with Crippen LogP contribution in [0.5, 0.6) is 0 Å². The number of allylic oxidation sites excluding steroid dienone is 1. The number of nitrogens with zero attached hydrogens (tertiary/aromatic N) is 1. The smallest absolute Gasteiger partial charge is 0.0408 e. The first-order valence-electron chi connectivity index (χ1n) is 7.46. The summed E-state index contributed by atoms with van der Waals surface area (Å²) in [6.07, 6.45) is 3.47. The molecule has 21 heavy (non-hydrogen) atoms. The van der Waals surface area contributed by atoms with Crippen LogP contribution in [-0.2, 0) is 6.42 Å². The minimum absolute atomic E-state index is 1.03. The van der Waals surface area contributed by atoms with Crippen LogP contribution in [0, 0.1) is 0 Å². The Kier molecular flexibility index (Phi) is 3.66. The molecule has 0 heterocycles. The van der Waals surface area contributed by atoms with Crippen molar-refractivity contribution in [3.8, 4) is 0 Å². The molecule has 1 heteroatoms. The monoisotopic (exact) mass is 275 g/mol. The van der Waals surface area contributed by atoms with Crippen LogP contribution in [0.25, 0.3) is 11.3 Å². The van der Waals surface area contributed by atoms with Crippen LogP contribution in [-0.4, -0.2) is 7.05 Å². The summed E-state index contributed by atoms with van der Waals surface area (Å²) in [6, 6.07) is 17.0. The second-order valence-electron chi connectivity index (χ2n) is 5.67. The quantitative estimate of drug-likeness (QED) is 0.749. The number of hydrogen-bond acceptors (Lipinski definition) is 1. The minimum Gasteiger partial charge on any atom is -0.345 e. The van der Waals surface area contributed by atoms with E-state index in [0.29, 0.717) is 0 Å². The normalized spacial score (nSPS) is 13.7. The maximum Gasteiger partial charge on any atom is 0.0408 e. The highest BCUT2D eigenvalue weighted by atomic mass is 15.1.